The number of pyridine rings is 1. The molecule has 2 atom stereocenters. The SMILES string of the molecule is CC1=CC(C)CC(CNc2cccc3cc(Br)cnc23)C1. The minimum absolute atomic E-state index is 0.701. The molecule has 2 aromatic rings. The van der Waals surface area contributed by atoms with E-state index in [4.69, 9.17) is 0 Å². The molecule has 110 valence electrons. The average molecular weight is 345 g/mol. The Hall–Kier alpha value is -1.35. The van der Waals surface area contributed by atoms with Crippen molar-refractivity contribution in [3.05, 3.63) is 46.6 Å². The van der Waals surface area contributed by atoms with Crippen LogP contribution in [0.25, 0.3) is 10.9 Å². The number of aromatic nitrogens is 1. The molecule has 1 aromatic heterocycles. The number of allylic oxidation sites excluding steroid dienone is 2. The summed E-state index contributed by atoms with van der Waals surface area (Å²) in [6.45, 7) is 5.58. The summed E-state index contributed by atoms with van der Waals surface area (Å²) in [7, 11) is 0. The van der Waals surface area contributed by atoms with Crippen LogP contribution in [0.3, 0.4) is 0 Å². The molecule has 1 heterocycles. The van der Waals surface area contributed by atoms with E-state index in [0.717, 1.165) is 28.1 Å². The Morgan fingerprint density at radius 2 is 2.24 bits per heavy atom. The van der Waals surface area contributed by atoms with Crippen LogP contribution >= 0.6 is 15.9 Å². The Morgan fingerprint density at radius 1 is 1.38 bits per heavy atom. The van der Waals surface area contributed by atoms with E-state index in [1.807, 2.05) is 6.20 Å². The number of benzene rings is 1. The third-order valence-electron chi connectivity index (χ3n) is 4.14. The highest BCUT2D eigenvalue weighted by molar-refractivity contribution is 9.10. The van der Waals surface area contributed by atoms with Gasteiger partial charge in [-0.3, -0.25) is 4.98 Å². The second-order valence-electron chi connectivity index (χ2n) is 6.21. The van der Waals surface area contributed by atoms with Crippen molar-refractivity contribution >= 4 is 32.5 Å². The van der Waals surface area contributed by atoms with Crippen LogP contribution in [0.15, 0.2) is 46.6 Å². The Morgan fingerprint density at radius 3 is 3.05 bits per heavy atom. The van der Waals surface area contributed by atoms with Gasteiger partial charge in [0.05, 0.1) is 11.2 Å². The highest BCUT2D eigenvalue weighted by atomic mass is 79.9. The first kappa shape index (κ1) is 14.6. The molecular weight excluding hydrogens is 324 g/mol. The Labute approximate surface area is 134 Å². The molecule has 0 saturated heterocycles. The lowest BCUT2D eigenvalue weighted by molar-refractivity contribution is 0.421. The molecule has 0 radical (unpaired) electrons. The lowest BCUT2D eigenvalue weighted by atomic mass is 9.83. The van der Waals surface area contributed by atoms with Crippen molar-refractivity contribution in [2.24, 2.45) is 11.8 Å². The summed E-state index contributed by atoms with van der Waals surface area (Å²) in [6.07, 6.45) is 6.76. The van der Waals surface area contributed by atoms with E-state index in [9.17, 15) is 0 Å². The minimum atomic E-state index is 0.701. The van der Waals surface area contributed by atoms with Crippen molar-refractivity contribution < 1.29 is 0 Å². The van der Waals surface area contributed by atoms with Crippen LogP contribution in [0.1, 0.15) is 26.7 Å². The molecule has 1 aromatic carbocycles. The van der Waals surface area contributed by atoms with E-state index in [1.165, 1.54) is 23.8 Å². The number of hydrogen-bond donors (Lipinski definition) is 1. The van der Waals surface area contributed by atoms with Crippen molar-refractivity contribution in [3.63, 3.8) is 0 Å². The van der Waals surface area contributed by atoms with Gasteiger partial charge in [0.15, 0.2) is 0 Å². The number of anilines is 1. The van der Waals surface area contributed by atoms with E-state index in [2.05, 4.69) is 70.4 Å². The maximum atomic E-state index is 4.55. The summed E-state index contributed by atoms with van der Waals surface area (Å²) in [5, 5.41) is 4.78. The average Bonchev–Trinajstić information content (AvgIpc) is 2.43. The van der Waals surface area contributed by atoms with E-state index >= 15 is 0 Å². The number of nitrogens with zero attached hydrogens (tertiary/aromatic N) is 1. The molecule has 0 amide bonds. The van der Waals surface area contributed by atoms with Gasteiger partial charge in [-0.05, 0) is 59.7 Å². The highest BCUT2D eigenvalue weighted by Gasteiger charge is 2.18. The van der Waals surface area contributed by atoms with Crippen molar-refractivity contribution in [3.8, 4) is 0 Å². The van der Waals surface area contributed by atoms with Crippen LogP contribution in [-0.2, 0) is 0 Å². The molecule has 3 rings (SSSR count). The van der Waals surface area contributed by atoms with Crippen molar-refractivity contribution in [2.75, 3.05) is 11.9 Å². The number of fused-ring (bicyclic) bond motifs is 1. The number of hydrogen-bond acceptors (Lipinski definition) is 2. The van der Waals surface area contributed by atoms with Gasteiger partial charge in [0, 0.05) is 22.6 Å². The summed E-state index contributed by atoms with van der Waals surface area (Å²) in [6, 6.07) is 8.43. The molecule has 2 nitrogen and oxygen atoms in total. The maximum absolute atomic E-state index is 4.55. The largest absolute Gasteiger partial charge is 0.383 e. The van der Waals surface area contributed by atoms with E-state index in [1.54, 1.807) is 0 Å². The minimum Gasteiger partial charge on any atom is -0.383 e. The summed E-state index contributed by atoms with van der Waals surface area (Å²) < 4.78 is 1.02. The number of rotatable bonds is 3. The summed E-state index contributed by atoms with van der Waals surface area (Å²) >= 11 is 3.48. The molecule has 0 fully saturated rings. The Bertz CT molecular complexity index is 678. The molecule has 2 unspecified atom stereocenters. The fourth-order valence-electron chi connectivity index (χ4n) is 3.37. The van der Waals surface area contributed by atoms with Crippen LogP contribution in [0.4, 0.5) is 5.69 Å². The molecule has 3 heteroatoms. The van der Waals surface area contributed by atoms with Gasteiger partial charge in [-0.15, -0.1) is 0 Å². The summed E-state index contributed by atoms with van der Waals surface area (Å²) in [5.41, 5.74) is 3.72. The molecule has 0 saturated carbocycles. The third kappa shape index (κ3) is 3.46. The van der Waals surface area contributed by atoms with Crippen molar-refractivity contribution in [1.29, 1.82) is 0 Å². The first-order chi connectivity index (χ1) is 10.1. The molecule has 21 heavy (non-hydrogen) atoms. The van der Waals surface area contributed by atoms with Gasteiger partial charge in [0.2, 0.25) is 0 Å². The second kappa shape index (κ2) is 6.18. The lowest BCUT2D eigenvalue weighted by Crippen LogP contribution is -2.20. The predicted molar refractivity (Wildman–Crippen MR) is 93.6 cm³/mol. The van der Waals surface area contributed by atoms with Gasteiger partial charge < -0.3 is 5.32 Å². The van der Waals surface area contributed by atoms with Crippen molar-refractivity contribution in [1.82, 2.24) is 4.98 Å². The molecule has 0 aliphatic heterocycles. The molecule has 1 aliphatic rings. The van der Waals surface area contributed by atoms with E-state index in [-0.39, 0.29) is 0 Å². The molecule has 1 N–H and O–H groups in total. The quantitative estimate of drug-likeness (QED) is 0.753. The molecular formula is C18H21BrN2. The van der Waals surface area contributed by atoms with E-state index < -0.39 is 0 Å². The summed E-state index contributed by atoms with van der Waals surface area (Å²) in [4.78, 5) is 4.55. The van der Waals surface area contributed by atoms with Crippen LogP contribution in [0.2, 0.25) is 0 Å². The zero-order chi connectivity index (χ0) is 14.8. The van der Waals surface area contributed by atoms with Gasteiger partial charge >= 0.3 is 0 Å². The van der Waals surface area contributed by atoms with Gasteiger partial charge in [-0.1, -0.05) is 30.7 Å². The van der Waals surface area contributed by atoms with Gasteiger partial charge in [0.1, 0.15) is 0 Å². The van der Waals surface area contributed by atoms with E-state index in [0.29, 0.717) is 5.92 Å². The fourth-order valence-corrected chi connectivity index (χ4v) is 3.72. The second-order valence-corrected chi connectivity index (χ2v) is 7.12. The lowest BCUT2D eigenvalue weighted by Gasteiger charge is -2.26. The Kier molecular flexibility index (Phi) is 4.29. The smallest absolute Gasteiger partial charge is 0.0934 e. The van der Waals surface area contributed by atoms with Gasteiger partial charge in [0.25, 0.3) is 0 Å². The zero-order valence-corrected chi connectivity index (χ0v) is 14.2. The van der Waals surface area contributed by atoms with Crippen molar-refractivity contribution in [2.45, 2.75) is 26.7 Å². The van der Waals surface area contributed by atoms with Gasteiger partial charge in [-0.25, -0.2) is 0 Å². The standard InChI is InChI=1S/C18H21BrN2/c1-12-6-13(2)8-14(7-12)10-20-17-5-3-4-15-9-16(19)11-21-18(15)17/h3-6,9,11-12,14,20H,7-8,10H2,1-2H3. The normalized spacial score (nSPS) is 22.1. The molecule has 0 bridgehead atoms. The highest BCUT2D eigenvalue weighted by Crippen LogP contribution is 2.29. The first-order valence-corrected chi connectivity index (χ1v) is 8.36. The first-order valence-electron chi connectivity index (χ1n) is 7.57. The van der Waals surface area contributed by atoms with Crippen LogP contribution < -0.4 is 5.32 Å². The maximum Gasteiger partial charge on any atom is 0.0934 e. The van der Waals surface area contributed by atoms with Gasteiger partial charge in [-0.2, -0.15) is 0 Å². The number of halogens is 1. The van der Waals surface area contributed by atoms with Crippen LogP contribution in [-0.4, -0.2) is 11.5 Å². The topological polar surface area (TPSA) is 24.9 Å². The fraction of sp³-hybridized carbons (Fsp3) is 0.389. The van der Waals surface area contributed by atoms with Crippen LogP contribution in [0.5, 0.6) is 0 Å². The molecule has 1 aliphatic carbocycles. The van der Waals surface area contributed by atoms with Crippen LogP contribution in [0, 0.1) is 11.8 Å². The molecule has 0 spiro atoms. The summed E-state index contributed by atoms with van der Waals surface area (Å²) in [5.74, 6) is 1.42. The third-order valence-corrected chi connectivity index (χ3v) is 4.58. The monoisotopic (exact) mass is 344 g/mol. The number of para-hydroxylation sites is 1. The number of nitrogens with one attached hydrogen (secondary N) is 1. The Balaban J connectivity index is 1.75. The zero-order valence-electron chi connectivity index (χ0n) is 12.6. The predicted octanol–water partition coefficient (Wildman–Crippen LogP) is 5.40.